The Morgan fingerprint density at radius 1 is 0.560 bits per heavy atom. The van der Waals surface area contributed by atoms with Gasteiger partial charge in [0.25, 0.3) is 0 Å². The molecule has 0 saturated carbocycles. The molecule has 0 aliphatic carbocycles. The van der Waals surface area contributed by atoms with Gasteiger partial charge < -0.3 is 29.5 Å². The van der Waals surface area contributed by atoms with Gasteiger partial charge in [-0.25, -0.2) is 0 Å². The van der Waals surface area contributed by atoms with Crippen LogP contribution in [0, 0.1) is 0 Å². The summed E-state index contributed by atoms with van der Waals surface area (Å²) in [5.74, 6) is 0. The molecule has 0 bridgehead atoms. The van der Waals surface area contributed by atoms with E-state index in [2.05, 4.69) is 20.8 Å². The van der Waals surface area contributed by atoms with Crippen LogP contribution < -0.4 is 15.3 Å². The third-order valence-corrected chi connectivity index (χ3v) is 2.55. The van der Waals surface area contributed by atoms with Gasteiger partial charge in [0.15, 0.2) is 0 Å². The molecule has 7 heteroatoms. The number of rotatable bonds is 12. The average molecular weight is 378 g/mol. The quantitative estimate of drug-likeness (QED) is 0.287. The predicted octanol–water partition coefficient (Wildman–Crippen LogP) is 1.15. The fourth-order valence-corrected chi connectivity index (χ4v) is 1.18. The molecule has 0 aromatic rings. The minimum absolute atomic E-state index is 0. The van der Waals surface area contributed by atoms with Gasteiger partial charge in [0.2, 0.25) is 0 Å². The minimum Gasteiger partial charge on any atom is -0.831 e. The molecule has 0 N–H and O–H groups in total. The second kappa shape index (κ2) is 29.1. The molecule has 0 spiro atoms. The Balaban J connectivity index is -0.000000130. The summed E-state index contributed by atoms with van der Waals surface area (Å²) in [7, 11) is 0. The van der Waals surface area contributed by atoms with Crippen LogP contribution in [0.1, 0.15) is 80.1 Å². The van der Waals surface area contributed by atoms with E-state index in [4.69, 9.17) is 14.2 Å². The zero-order chi connectivity index (χ0) is 19.2. The van der Waals surface area contributed by atoms with Crippen LogP contribution in [0.4, 0.5) is 0 Å². The maximum atomic E-state index is 10.2. The summed E-state index contributed by atoms with van der Waals surface area (Å²) in [5, 5.41) is 30.5. The first-order chi connectivity index (χ1) is 11.3. The molecule has 0 aliphatic heterocycles. The van der Waals surface area contributed by atoms with Crippen LogP contribution in [0.2, 0.25) is 0 Å². The third-order valence-electron chi connectivity index (χ3n) is 2.55. The van der Waals surface area contributed by atoms with Gasteiger partial charge in [-0.05, 0) is 38.1 Å². The molecule has 0 saturated heterocycles. The van der Waals surface area contributed by atoms with Gasteiger partial charge in [0.1, 0.15) is 0 Å². The number of hydrogen-bond donors (Lipinski definition) is 0. The molecule has 0 amide bonds. The molecule has 3 atom stereocenters. The molecule has 0 heterocycles. The second-order valence-electron chi connectivity index (χ2n) is 5.38. The van der Waals surface area contributed by atoms with Gasteiger partial charge >= 0.3 is 17.4 Å². The fraction of sp³-hybridized carbons (Fsp3) is 1.00. The molecule has 0 aromatic heterocycles. The van der Waals surface area contributed by atoms with E-state index in [1.165, 1.54) is 20.8 Å². The monoisotopic (exact) mass is 378 g/mol. The average Bonchev–Trinajstić information content (AvgIpc) is 2.48. The molecule has 0 aromatic carbocycles. The van der Waals surface area contributed by atoms with E-state index in [9.17, 15) is 15.3 Å². The topological polar surface area (TPSA) is 96.9 Å². The smallest absolute Gasteiger partial charge is 0.831 e. The molecule has 3 unspecified atom stereocenters. The van der Waals surface area contributed by atoms with Crippen molar-refractivity contribution in [3.63, 3.8) is 0 Å². The van der Waals surface area contributed by atoms with Crippen molar-refractivity contribution in [3.05, 3.63) is 0 Å². The van der Waals surface area contributed by atoms with Gasteiger partial charge in [0, 0.05) is 19.8 Å². The summed E-state index contributed by atoms with van der Waals surface area (Å²) in [6, 6.07) is 0. The number of ether oxygens (including phenoxy) is 3. The largest absolute Gasteiger partial charge is 3.00 e. The van der Waals surface area contributed by atoms with Gasteiger partial charge in [-0.15, -0.1) is 0 Å². The standard InChI is InChI=1S/3C6H13O2.Al/c3*1-3-4-5-8-6(2)7;/h3*6H,3-5H2,1-2H3;/q3*-1;+3. The van der Waals surface area contributed by atoms with Gasteiger partial charge in [-0.2, -0.15) is 0 Å². The molecule has 6 nitrogen and oxygen atoms in total. The maximum Gasteiger partial charge on any atom is 3.00 e. The molecule has 0 rings (SSSR count). The van der Waals surface area contributed by atoms with Crippen LogP contribution in [0.15, 0.2) is 0 Å². The summed E-state index contributed by atoms with van der Waals surface area (Å²) in [5.41, 5.74) is 0. The first-order valence-corrected chi connectivity index (χ1v) is 9.13. The zero-order valence-corrected chi connectivity index (χ0v) is 18.3. The maximum absolute atomic E-state index is 10.2. The molecular formula is C18H39AlO6. The van der Waals surface area contributed by atoms with Crippen LogP contribution in [0.5, 0.6) is 0 Å². The van der Waals surface area contributed by atoms with Crippen LogP contribution in [0.3, 0.4) is 0 Å². The third kappa shape index (κ3) is 51.6. The fourth-order valence-electron chi connectivity index (χ4n) is 1.18. The number of unbranched alkanes of at least 4 members (excludes halogenated alkanes) is 3. The summed E-state index contributed by atoms with van der Waals surface area (Å²) in [6.07, 6.45) is 3.71. The molecule has 150 valence electrons. The Labute approximate surface area is 166 Å². The first kappa shape index (κ1) is 32.9. The Hall–Kier alpha value is 0.292. The summed E-state index contributed by atoms with van der Waals surface area (Å²) >= 11 is 0. The zero-order valence-electron chi connectivity index (χ0n) is 17.1. The van der Waals surface area contributed by atoms with Crippen LogP contribution >= 0.6 is 0 Å². The van der Waals surface area contributed by atoms with E-state index in [0.29, 0.717) is 19.8 Å². The van der Waals surface area contributed by atoms with Crippen molar-refractivity contribution in [2.75, 3.05) is 19.8 Å². The summed E-state index contributed by atoms with van der Waals surface area (Å²) < 4.78 is 14.2. The van der Waals surface area contributed by atoms with Crippen molar-refractivity contribution in [3.8, 4) is 0 Å². The molecule has 0 radical (unpaired) electrons. The summed E-state index contributed by atoms with van der Waals surface area (Å²) in [6.45, 7) is 12.6. The SMILES string of the molecule is CCCCOC(C)[O-].CCCCOC(C)[O-].CCCCOC(C)[O-].[Al+3]. The van der Waals surface area contributed by atoms with E-state index in [1.807, 2.05) is 0 Å². The second-order valence-corrected chi connectivity index (χ2v) is 5.38. The van der Waals surface area contributed by atoms with E-state index >= 15 is 0 Å². The van der Waals surface area contributed by atoms with Gasteiger partial charge in [-0.1, -0.05) is 60.8 Å². The van der Waals surface area contributed by atoms with Crippen molar-refractivity contribution in [1.82, 2.24) is 0 Å². The van der Waals surface area contributed by atoms with E-state index in [0.717, 1.165) is 38.5 Å². The van der Waals surface area contributed by atoms with Crippen molar-refractivity contribution < 1.29 is 29.5 Å². The van der Waals surface area contributed by atoms with E-state index in [-0.39, 0.29) is 17.4 Å². The predicted molar refractivity (Wildman–Crippen MR) is 96.7 cm³/mol. The Kier molecular flexibility index (Phi) is 38.3. The van der Waals surface area contributed by atoms with Gasteiger partial charge in [-0.3, -0.25) is 0 Å². The first-order valence-electron chi connectivity index (χ1n) is 9.13. The van der Waals surface area contributed by atoms with Crippen molar-refractivity contribution in [2.45, 2.75) is 98.9 Å². The molecular weight excluding hydrogens is 339 g/mol. The van der Waals surface area contributed by atoms with Crippen molar-refractivity contribution in [2.24, 2.45) is 0 Å². The Bertz CT molecular complexity index is 171. The van der Waals surface area contributed by atoms with Crippen molar-refractivity contribution in [1.29, 1.82) is 0 Å². The number of hydrogen-bond acceptors (Lipinski definition) is 6. The molecule has 25 heavy (non-hydrogen) atoms. The Morgan fingerprint density at radius 2 is 0.760 bits per heavy atom. The Morgan fingerprint density at radius 3 is 0.880 bits per heavy atom. The van der Waals surface area contributed by atoms with E-state index < -0.39 is 18.9 Å². The summed E-state index contributed by atoms with van der Waals surface area (Å²) in [4.78, 5) is 0. The molecule has 0 fully saturated rings. The minimum atomic E-state index is -0.846. The van der Waals surface area contributed by atoms with E-state index in [1.54, 1.807) is 0 Å². The van der Waals surface area contributed by atoms with Crippen LogP contribution in [0.25, 0.3) is 0 Å². The molecule has 0 aliphatic rings. The van der Waals surface area contributed by atoms with Crippen molar-refractivity contribution >= 4 is 17.4 Å². The van der Waals surface area contributed by atoms with Crippen LogP contribution in [-0.2, 0) is 14.2 Å². The normalized spacial score (nSPS) is 13.3. The van der Waals surface area contributed by atoms with Crippen LogP contribution in [-0.4, -0.2) is 56.1 Å². The van der Waals surface area contributed by atoms with Gasteiger partial charge in [0.05, 0.1) is 0 Å².